The fourth-order valence-corrected chi connectivity index (χ4v) is 2.00. The summed E-state index contributed by atoms with van der Waals surface area (Å²) in [5.74, 6) is 0. The quantitative estimate of drug-likeness (QED) is 0.751. The summed E-state index contributed by atoms with van der Waals surface area (Å²) >= 11 is 1.28. The summed E-state index contributed by atoms with van der Waals surface area (Å²) in [6, 6.07) is 6.95. The van der Waals surface area contributed by atoms with Crippen LogP contribution in [0, 0.1) is 11.3 Å². The zero-order valence-corrected chi connectivity index (χ0v) is 9.68. The van der Waals surface area contributed by atoms with E-state index in [4.69, 9.17) is 5.26 Å². The summed E-state index contributed by atoms with van der Waals surface area (Å²) in [5.41, 5.74) is 0.907. The molecule has 0 spiro atoms. The monoisotopic (exact) mass is 245 g/mol. The molecule has 1 aromatic heterocycles. The van der Waals surface area contributed by atoms with Crippen LogP contribution in [0.1, 0.15) is 15.9 Å². The zero-order chi connectivity index (χ0) is 12.3. The Morgan fingerprint density at radius 1 is 1.53 bits per heavy atom. The van der Waals surface area contributed by atoms with Gasteiger partial charge < -0.3 is 0 Å². The highest BCUT2D eigenvalue weighted by molar-refractivity contribution is 7.99. The van der Waals surface area contributed by atoms with Crippen molar-refractivity contribution < 1.29 is 4.79 Å². The molecule has 84 valence electrons. The molecule has 0 aliphatic rings. The van der Waals surface area contributed by atoms with E-state index in [0.29, 0.717) is 22.6 Å². The molecule has 2 rings (SSSR count). The number of rotatable bonds is 3. The maximum Gasteiger partial charge on any atom is 0.213 e. The Morgan fingerprint density at radius 2 is 2.35 bits per heavy atom. The maximum absolute atomic E-state index is 10.6. The molecule has 0 saturated carbocycles. The molecule has 0 atom stereocenters. The predicted molar refractivity (Wildman–Crippen MR) is 59.5 cm³/mol. The van der Waals surface area contributed by atoms with Gasteiger partial charge in [0.2, 0.25) is 5.16 Å². The third-order valence-corrected chi connectivity index (χ3v) is 3.15. The molecule has 0 aliphatic carbocycles. The third kappa shape index (κ3) is 2.32. The van der Waals surface area contributed by atoms with Crippen LogP contribution in [0.4, 0.5) is 0 Å². The van der Waals surface area contributed by atoms with Gasteiger partial charge in [-0.15, -0.1) is 5.10 Å². The molecular weight excluding hydrogens is 238 g/mol. The maximum atomic E-state index is 10.6. The predicted octanol–water partition coefficient (Wildman–Crippen LogP) is 1.05. The third-order valence-electron chi connectivity index (χ3n) is 2.04. The smallest absolute Gasteiger partial charge is 0.213 e. The molecular formula is C10H7N5OS. The van der Waals surface area contributed by atoms with Crippen molar-refractivity contribution in [1.29, 1.82) is 5.26 Å². The van der Waals surface area contributed by atoms with Crippen molar-refractivity contribution in [1.82, 2.24) is 20.2 Å². The van der Waals surface area contributed by atoms with Crippen LogP contribution in [-0.2, 0) is 7.05 Å². The largest absolute Gasteiger partial charge is 0.298 e. The van der Waals surface area contributed by atoms with E-state index in [1.54, 1.807) is 25.2 Å². The number of aryl methyl sites for hydroxylation is 1. The average molecular weight is 245 g/mol. The van der Waals surface area contributed by atoms with Crippen LogP contribution >= 0.6 is 11.8 Å². The summed E-state index contributed by atoms with van der Waals surface area (Å²) in [6.07, 6.45) is 0.708. The molecule has 0 N–H and O–H groups in total. The van der Waals surface area contributed by atoms with Crippen molar-refractivity contribution in [3.8, 4) is 6.07 Å². The number of hydrogen-bond acceptors (Lipinski definition) is 6. The van der Waals surface area contributed by atoms with E-state index in [1.165, 1.54) is 16.4 Å². The van der Waals surface area contributed by atoms with E-state index >= 15 is 0 Å². The normalized spacial score (nSPS) is 9.88. The Hall–Kier alpha value is -2.20. The van der Waals surface area contributed by atoms with Crippen molar-refractivity contribution in [2.45, 2.75) is 10.1 Å². The molecule has 0 radical (unpaired) electrons. The Morgan fingerprint density at radius 3 is 2.94 bits per heavy atom. The van der Waals surface area contributed by atoms with Gasteiger partial charge in [-0.05, 0) is 34.3 Å². The van der Waals surface area contributed by atoms with E-state index in [0.717, 1.165) is 4.90 Å². The van der Waals surface area contributed by atoms with Crippen LogP contribution in [0.2, 0.25) is 0 Å². The van der Waals surface area contributed by atoms with E-state index in [9.17, 15) is 4.79 Å². The first kappa shape index (κ1) is 11.3. The molecule has 0 fully saturated rings. The van der Waals surface area contributed by atoms with E-state index in [2.05, 4.69) is 15.5 Å². The van der Waals surface area contributed by atoms with Crippen molar-refractivity contribution in [2.24, 2.45) is 7.05 Å². The summed E-state index contributed by atoms with van der Waals surface area (Å²) in [5, 5.41) is 20.6. The lowest BCUT2D eigenvalue weighted by Crippen LogP contribution is -1.94. The molecule has 0 saturated heterocycles. The molecule has 2 aromatic rings. The van der Waals surface area contributed by atoms with Crippen LogP contribution in [0.3, 0.4) is 0 Å². The first-order valence-corrected chi connectivity index (χ1v) is 5.46. The second-order valence-corrected chi connectivity index (χ2v) is 4.18. The summed E-state index contributed by atoms with van der Waals surface area (Å²) in [4.78, 5) is 11.3. The highest BCUT2D eigenvalue weighted by atomic mass is 32.2. The number of aldehydes is 1. The number of aromatic nitrogens is 4. The van der Waals surface area contributed by atoms with Crippen molar-refractivity contribution in [3.63, 3.8) is 0 Å². The second-order valence-electron chi connectivity index (χ2n) is 3.17. The molecule has 6 nitrogen and oxygen atoms in total. The fourth-order valence-electron chi connectivity index (χ4n) is 1.20. The minimum Gasteiger partial charge on any atom is -0.298 e. The lowest BCUT2D eigenvalue weighted by Gasteiger charge is -2.02. The molecule has 0 aliphatic heterocycles. The van der Waals surface area contributed by atoms with Crippen molar-refractivity contribution in [2.75, 3.05) is 0 Å². The standard InChI is InChI=1S/C10H7N5OS/c1-15-10(12-13-14-15)17-9-3-2-7(6-16)4-8(9)5-11/h2-4,6H,1H3. The Bertz CT molecular complexity index is 601. The van der Waals surface area contributed by atoms with Gasteiger partial charge in [0.05, 0.1) is 5.56 Å². The zero-order valence-electron chi connectivity index (χ0n) is 8.86. The summed E-state index contributed by atoms with van der Waals surface area (Å²) < 4.78 is 1.51. The minimum atomic E-state index is 0.433. The van der Waals surface area contributed by atoms with E-state index < -0.39 is 0 Å². The number of carbonyl (C=O) groups excluding carboxylic acids is 1. The van der Waals surface area contributed by atoms with E-state index in [-0.39, 0.29) is 0 Å². The SMILES string of the molecule is Cn1nnnc1Sc1ccc(C=O)cc1C#N. The molecule has 0 amide bonds. The van der Waals surface area contributed by atoms with Gasteiger partial charge in [0.15, 0.2) is 0 Å². The van der Waals surface area contributed by atoms with Gasteiger partial charge in [0.25, 0.3) is 0 Å². The highest BCUT2D eigenvalue weighted by Crippen LogP contribution is 2.28. The van der Waals surface area contributed by atoms with Gasteiger partial charge >= 0.3 is 0 Å². The van der Waals surface area contributed by atoms with Crippen LogP contribution in [0.25, 0.3) is 0 Å². The van der Waals surface area contributed by atoms with Crippen LogP contribution in [-0.4, -0.2) is 26.5 Å². The molecule has 1 aromatic carbocycles. The number of hydrogen-bond donors (Lipinski definition) is 0. The molecule has 1 heterocycles. The lowest BCUT2D eigenvalue weighted by atomic mass is 10.1. The number of tetrazole rings is 1. The molecule has 0 bridgehead atoms. The Balaban J connectivity index is 2.37. The van der Waals surface area contributed by atoms with Gasteiger partial charge in [-0.2, -0.15) is 5.26 Å². The minimum absolute atomic E-state index is 0.433. The first-order chi connectivity index (χ1) is 8.24. The highest BCUT2D eigenvalue weighted by Gasteiger charge is 2.09. The lowest BCUT2D eigenvalue weighted by molar-refractivity contribution is 0.112. The number of nitrogens with zero attached hydrogens (tertiary/aromatic N) is 5. The van der Waals surface area contributed by atoms with Crippen molar-refractivity contribution in [3.05, 3.63) is 29.3 Å². The number of carbonyl (C=O) groups is 1. The summed E-state index contributed by atoms with van der Waals surface area (Å²) in [7, 11) is 1.72. The Labute approximate surface area is 101 Å². The van der Waals surface area contributed by atoms with Gasteiger partial charge in [-0.25, -0.2) is 4.68 Å². The molecule has 0 unspecified atom stereocenters. The van der Waals surface area contributed by atoms with Gasteiger partial charge in [-0.1, -0.05) is 6.07 Å². The van der Waals surface area contributed by atoms with Crippen LogP contribution < -0.4 is 0 Å². The Kier molecular flexibility index (Phi) is 3.16. The topological polar surface area (TPSA) is 84.5 Å². The average Bonchev–Trinajstić information content (AvgIpc) is 2.75. The van der Waals surface area contributed by atoms with Gasteiger partial charge in [0, 0.05) is 17.5 Å². The second kappa shape index (κ2) is 4.76. The number of nitriles is 1. The molecule has 7 heteroatoms. The van der Waals surface area contributed by atoms with Crippen molar-refractivity contribution >= 4 is 18.0 Å². The number of benzene rings is 1. The molecule has 17 heavy (non-hydrogen) atoms. The van der Waals surface area contributed by atoms with Crippen LogP contribution in [0.15, 0.2) is 28.3 Å². The van der Waals surface area contributed by atoms with Gasteiger partial charge in [-0.3, -0.25) is 4.79 Å². The first-order valence-electron chi connectivity index (χ1n) is 4.64. The summed E-state index contributed by atoms with van der Waals surface area (Å²) in [6.45, 7) is 0. The van der Waals surface area contributed by atoms with Crippen LogP contribution in [0.5, 0.6) is 0 Å². The van der Waals surface area contributed by atoms with Gasteiger partial charge in [0.1, 0.15) is 12.4 Å². The van der Waals surface area contributed by atoms with E-state index in [1.807, 2.05) is 6.07 Å². The fraction of sp³-hybridized carbons (Fsp3) is 0.100.